The van der Waals surface area contributed by atoms with E-state index in [1.807, 2.05) is 32.9 Å². The van der Waals surface area contributed by atoms with E-state index < -0.39 is 0 Å². The molecule has 1 aliphatic carbocycles. The van der Waals surface area contributed by atoms with E-state index in [1.54, 1.807) is 23.3 Å². The average Bonchev–Trinajstić information content (AvgIpc) is 3.63. The molecule has 1 aliphatic heterocycles. The number of epoxide rings is 1. The lowest BCUT2D eigenvalue weighted by Crippen LogP contribution is -2.27. The first-order valence-corrected chi connectivity index (χ1v) is 12.7. The van der Waals surface area contributed by atoms with Crippen LogP contribution in [0.15, 0.2) is 48.5 Å². The van der Waals surface area contributed by atoms with Crippen molar-refractivity contribution in [1.82, 2.24) is 0 Å². The van der Waals surface area contributed by atoms with E-state index >= 15 is 0 Å². The highest BCUT2D eigenvalue weighted by Crippen LogP contribution is 2.36. The lowest BCUT2D eigenvalue weighted by molar-refractivity contribution is -0.154. The Kier molecular flexibility index (Phi) is 10.6. The highest BCUT2D eigenvalue weighted by atomic mass is 16.6. The van der Waals surface area contributed by atoms with Gasteiger partial charge in [0.25, 0.3) is 0 Å². The van der Waals surface area contributed by atoms with E-state index in [0.717, 1.165) is 31.3 Å². The van der Waals surface area contributed by atoms with Gasteiger partial charge in [-0.05, 0) is 79.7 Å². The number of phenols is 1. The Bertz CT molecular complexity index is 883. The van der Waals surface area contributed by atoms with Crippen LogP contribution < -0.4 is 0 Å². The molecule has 34 heavy (non-hydrogen) atoms. The SMILES string of the molecule is CC1Cc2ccccc2C1C.CCC(C)(C)C(=O)OCC1CO1.CCC(C)c1ccc(O)cc1. The zero-order chi connectivity index (χ0) is 25.3. The van der Waals surface area contributed by atoms with Crippen molar-refractivity contribution >= 4 is 5.97 Å². The van der Waals surface area contributed by atoms with Gasteiger partial charge in [-0.3, -0.25) is 4.79 Å². The molecule has 0 saturated carbocycles. The van der Waals surface area contributed by atoms with Crippen LogP contribution in [0.2, 0.25) is 0 Å². The van der Waals surface area contributed by atoms with Crippen molar-refractivity contribution in [2.75, 3.05) is 13.2 Å². The summed E-state index contributed by atoms with van der Waals surface area (Å²) in [5.41, 5.74) is 4.08. The van der Waals surface area contributed by atoms with Gasteiger partial charge in [0.05, 0.1) is 12.0 Å². The van der Waals surface area contributed by atoms with Crippen molar-refractivity contribution < 1.29 is 19.4 Å². The normalized spacial score (nSPS) is 21.2. The van der Waals surface area contributed by atoms with Crippen molar-refractivity contribution in [1.29, 1.82) is 0 Å². The summed E-state index contributed by atoms with van der Waals surface area (Å²) in [6.45, 7) is 15.9. The average molecular weight is 469 g/mol. The molecule has 0 aromatic heterocycles. The van der Waals surface area contributed by atoms with Crippen LogP contribution in [0.3, 0.4) is 0 Å². The summed E-state index contributed by atoms with van der Waals surface area (Å²) in [5, 5.41) is 9.01. The van der Waals surface area contributed by atoms with Crippen molar-refractivity contribution in [3.05, 3.63) is 65.2 Å². The Labute approximate surface area is 206 Å². The van der Waals surface area contributed by atoms with Gasteiger partial charge in [-0.2, -0.15) is 0 Å². The fourth-order valence-corrected chi connectivity index (χ4v) is 3.71. The Morgan fingerprint density at radius 2 is 1.74 bits per heavy atom. The summed E-state index contributed by atoms with van der Waals surface area (Å²) in [5.74, 6) is 2.42. The summed E-state index contributed by atoms with van der Waals surface area (Å²) < 4.78 is 9.99. The number of carbonyl (C=O) groups is 1. The molecule has 1 heterocycles. The highest BCUT2D eigenvalue weighted by Gasteiger charge is 2.30. The van der Waals surface area contributed by atoms with Crippen LogP contribution in [0.4, 0.5) is 0 Å². The topological polar surface area (TPSA) is 59.1 Å². The molecule has 0 spiro atoms. The Morgan fingerprint density at radius 1 is 1.12 bits per heavy atom. The standard InChI is InChI=1S/C11H14.C10H14O.C9H16O3/c1-8-7-10-5-3-4-6-11(10)9(8)2;1-3-8(2)9-4-6-10(11)7-5-9;1-4-9(2,3)8(10)12-6-7-5-11-7/h3-6,8-9H,7H2,1-2H3;4-8,11H,3H2,1-2H3;7H,4-6H2,1-3H3. The molecule has 2 aliphatic rings. The van der Waals surface area contributed by atoms with Gasteiger partial charge in [-0.25, -0.2) is 0 Å². The number of benzene rings is 2. The lowest BCUT2D eigenvalue weighted by Gasteiger charge is -2.19. The Balaban J connectivity index is 0.000000180. The molecule has 1 N–H and O–H groups in total. The lowest BCUT2D eigenvalue weighted by atomic mass is 9.91. The van der Waals surface area contributed by atoms with Gasteiger partial charge >= 0.3 is 5.97 Å². The highest BCUT2D eigenvalue weighted by molar-refractivity contribution is 5.75. The minimum atomic E-state index is -0.352. The number of fused-ring (bicyclic) bond motifs is 1. The van der Waals surface area contributed by atoms with Gasteiger partial charge < -0.3 is 14.6 Å². The van der Waals surface area contributed by atoms with Crippen molar-refractivity contribution in [2.45, 2.75) is 85.7 Å². The molecule has 4 rings (SSSR count). The molecule has 0 radical (unpaired) electrons. The van der Waals surface area contributed by atoms with Crippen LogP contribution in [0.1, 0.15) is 89.8 Å². The zero-order valence-corrected chi connectivity index (χ0v) is 22.1. The number of hydrogen-bond acceptors (Lipinski definition) is 4. The van der Waals surface area contributed by atoms with Crippen LogP contribution in [0.25, 0.3) is 0 Å². The monoisotopic (exact) mass is 468 g/mol. The van der Waals surface area contributed by atoms with Gasteiger partial charge in [0.1, 0.15) is 18.5 Å². The fourth-order valence-electron chi connectivity index (χ4n) is 3.71. The summed E-state index contributed by atoms with van der Waals surface area (Å²) in [4.78, 5) is 11.4. The van der Waals surface area contributed by atoms with Crippen molar-refractivity contribution in [2.24, 2.45) is 11.3 Å². The van der Waals surface area contributed by atoms with E-state index in [9.17, 15) is 4.79 Å². The third-order valence-corrected chi connectivity index (χ3v) is 7.25. The third kappa shape index (κ3) is 8.47. The third-order valence-electron chi connectivity index (χ3n) is 7.25. The molecular formula is C30H44O4. The van der Waals surface area contributed by atoms with Gasteiger partial charge in [0.15, 0.2) is 0 Å². The van der Waals surface area contributed by atoms with Crippen LogP contribution >= 0.6 is 0 Å². The molecule has 0 amide bonds. The van der Waals surface area contributed by atoms with E-state index in [4.69, 9.17) is 14.6 Å². The van der Waals surface area contributed by atoms with E-state index in [-0.39, 0.29) is 17.5 Å². The Hall–Kier alpha value is -2.33. The first-order valence-electron chi connectivity index (χ1n) is 12.7. The number of esters is 1. The molecule has 2 aromatic carbocycles. The molecule has 0 bridgehead atoms. The number of hydrogen-bond donors (Lipinski definition) is 1. The fraction of sp³-hybridized carbons (Fsp3) is 0.567. The number of ether oxygens (including phenoxy) is 2. The second kappa shape index (κ2) is 12.9. The minimum Gasteiger partial charge on any atom is -0.508 e. The minimum absolute atomic E-state index is 0.125. The van der Waals surface area contributed by atoms with Crippen molar-refractivity contribution in [3.63, 3.8) is 0 Å². The van der Waals surface area contributed by atoms with Crippen LogP contribution in [-0.4, -0.2) is 30.4 Å². The summed E-state index contributed by atoms with van der Waals surface area (Å²) >= 11 is 0. The molecule has 4 nitrogen and oxygen atoms in total. The Morgan fingerprint density at radius 3 is 2.26 bits per heavy atom. The molecule has 1 fully saturated rings. The largest absolute Gasteiger partial charge is 0.508 e. The van der Waals surface area contributed by atoms with Gasteiger partial charge in [0, 0.05) is 0 Å². The van der Waals surface area contributed by atoms with Gasteiger partial charge in [-0.15, -0.1) is 0 Å². The first-order chi connectivity index (χ1) is 16.1. The molecule has 2 aromatic rings. The van der Waals surface area contributed by atoms with Crippen LogP contribution in [0.5, 0.6) is 5.75 Å². The molecule has 1 saturated heterocycles. The summed E-state index contributed by atoms with van der Waals surface area (Å²) in [6, 6.07) is 16.2. The molecular weight excluding hydrogens is 424 g/mol. The van der Waals surface area contributed by atoms with E-state index in [0.29, 0.717) is 18.3 Å². The molecule has 4 unspecified atom stereocenters. The van der Waals surface area contributed by atoms with Gasteiger partial charge in [0.2, 0.25) is 0 Å². The van der Waals surface area contributed by atoms with Crippen LogP contribution in [-0.2, 0) is 20.7 Å². The first kappa shape index (κ1) is 27.9. The maximum absolute atomic E-state index is 11.4. The smallest absolute Gasteiger partial charge is 0.311 e. The molecule has 4 heteroatoms. The second-order valence-electron chi connectivity index (χ2n) is 10.4. The predicted molar refractivity (Wildman–Crippen MR) is 139 cm³/mol. The van der Waals surface area contributed by atoms with E-state index in [2.05, 4.69) is 52.0 Å². The molecule has 188 valence electrons. The van der Waals surface area contributed by atoms with Gasteiger partial charge in [-0.1, -0.05) is 71.0 Å². The number of rotatable bonds is 6. The molecule has 4 atom stereocenters. The zero-order valence-electron chi connectivity index (χ0n) is 22.1. The number of aromatic hydroxyl groups is 1. The van der Waals surface area contributed by atoms with Crippen LogP contribution in [0, 0.1) is 11.3 Å². The summed E-state index contributed by atoms with van der Waals surface area (Å²) in [6.07, 6.45) is 3.39. The summed E-state index contributed by atoms with van der Waals surface area (Å²) in [7, 11) is 0. The quantitative estimate of drug-likeness (QED) is 0.358. The van der Waals surface area contributed by atoms with E-state index in [1.165, 1.54) is 12.0 Å². The maximum Gasteiger partial charge on any atom is 0.311 e. The van der Waals surface area contributed by atoms with Crippen molar-refractivity contribution in [3.8, 4) is 5.75 Å². The predicted octanol–water partition coefficient (Wildman–Crippen LogP) is 7.25. The maximum atomic E-state index is 11.4. The second-order valence-corrected chi connectivity index (χ2v) is 10.4. The number of carbonyl (C=O) groups excluding carboxylic acids is 1. The number of phenolic OH excluding ortho intramolecular Hbond substituents is 1.